The van der Waals surface area contributed by atoms with Crippen molar-refractivity contribution in [2.45, 2.75) is 38.6 Å². The number of carbonyl (C=O) groups is 1. The Kier molecular flexibility index (Phi) is 7.61. The van der Waals surface area contributed by atoms with Crippen LogP contribution in [0, 0.1) is 0 Å². The molecule has 1 unspecified atom stereocenters. The zero-order chi connectivity index (χ0) is 15.7. The number of methoxy groups -OCH3 is 2. The number of nitrogens with one attached hydrogen (secondary N) is 1. The Hall–Kier alpha value is -1.75. The minimum atomic E-state index is -0.800. The fourth-order valence-corrected chi connectivity index (χ4v) is 2.22. The van der Waals surface area contributed by atoms with Crippen LogP contribution in [0.25, 0.3) is 0 Å². The molecular weight excluding hydrogens is 270 g/mol. The van der Waals surface area contributed by atoms with Crippen molar-refractivity contribution in [2.24, 2.45) is 0 Å². The van der Waals surface area contributed by atoms with E-state index in [0.717, 1.165) is 36.4 Å². The lowest BCUT2D eigenvalue weighted by atomic mass is 10.0. The number of ether oxygens (including phenoxy) is 2. The van der Waals surface area contributed by atoms with Crippen LogP contribution in [-0.2, 0) is 11.2 Å². The highest BCUT2D eigenvalue weighted by atomic mass is 16.5. The van der Waals surface area contributed by atoms with Gasteiger partial charge in [-0.1, -0.05) is 13.3 Å². The van der Waals surface area contributed by atoms with Crippen molar-refractivity contribution < 1.29 is 19.4 Å². The minimum Gasteiger partial charge on any atom is -0.497 e. The Morgan fingerprint density at radius 2 is 2.10 bits per heavy atom. The Labute approximate surface area is 126 Å². The van der Waals surface area contributed by atoms with Crippen LogP contribution in [0.3, 0.4) is 0 Å². The summed E-state index contributed by atoms with van der Waals surface area (Å²) in [6, 6.07) is 5.46. The molecule has 0 saturated carbocycles. The van der Waals surface area contributed by atoms with E-state index >= 15 is 0 Å². The first kappa shape index (κ1) is 17.3. The maximum atomic E-state index is 11.0. The molecule has 0 bridgehead atoms. The normalized spacial score (nSPS) is 12.0. The third-order valence-electron chi connectivity index (χ3n) is 3.34. The number of carboxylic acid groups (broad SMARTS) is 1. The predicted octanol–water partition coefficient (Wildman–Crippen LogP) is 2.48. The molecule has 118 valence electrons. The first-order chi connectivity index (χ1) is 10.1. The molecule has 0 heterocycles. The Bertz CT molecular complexity index is 448. The van der Waals surface area contributed by atoms with Crippen LogP contribution in [0.4, 0.5) is 0 Å². The number of aliphatic carboxylic acids is 1. The summed E-state index contributed by atoms with van der Waals surface area (Å²) in [4.78, 5) is 11.0. The second kappa shape index (κ2) is 9.23. The molecule has 0 aliphatic carbocycles. The zero-order valence-corrected chi connectivity index (χ0v) is 13.0. The van der Waals surface area contributed by atoms with Gasteiger partial charge < -0.3 is 19.9 Å². The number of hydrogen-bond acceptors (Lipinski definition) is 4. The van der Waals surface area contributed by atoms with Crippen molar-refractivity contribution in [2.75, 3.05) is 20.8 Å². The molecule has 1 atom stereocenters. The molecule has 0 aliphatic heterocycles. The molecule has 21 heavy (non-hydrogen) atoms. The lowest BCUT2D eigenvalue weighted by Crippen LogP contribution is -2.34. The molecule has 1 rings (SSSR count). The van der Waals surface area contributed by atoms with Crippen LogP contribution in [0.1, 0.15) is 31.7 Å². The van der Waals surface area contributed by atoms with E-state index in [1.165, 1.54) is 0 Å². The summed E-state index contributed by atoms with van der Waals surface area (Å²) < 4.78 is 10.6. The maximum absolute atomic E-state index is 11.0. The molecule has 5 nitrogen and oxygen atoms in total. The largest absolute Gasteiger partial charge is 0.497 e. The van der Waals surface area contributed by atoms with Crippen molar-refractivity contribution >= 4 is 5.97 Å². The zero-order valence-electron chi connectivity index (χ0n) is 13.0. The van der Waals surface area contributed by atoms with Crippen LogP contribution in [-0.4, -0.2) is 37.9 Å². The third kappa shape index (κ3) is 6.04. The van der Waals surface area contributed by atoms with E-state index in [2.05, 4.69) is 12.2 Å². The molecule has 0 amide bonds. The van der Waals surface area contributed by atoms with Gasteiger partial charge in [-0.3, -0.25) is 4.79 Å². The topological polar surface area (TPSA) is 67.8 Å². The average Bonchev–Trinajstić information content (AvgIpc) is 2.46. The number of hydrogen-bond donors (Lipinski definition) is 2. The van der Waals surface area contributed by atoms with Crippen LogP contribution < -0.4 is 14.8 Å². The van der Waals surface area contributed by atoms with Crippen molar-refractivity contribution in [3.8, 4) is 11.5 Å². The highest BCUT2D eigenvalue weighted by Gasteiger charge is 2.16. The first-order valence-corrected chi connectivity index (χ1v) is 7.26. The van der Waals surface area contributed by atoms with Gasteiger partial charge in [-0.15, -0.1) is 0 Å². The van der Waals surface area contributed by atoms with E-state index in [4.69, 9.17) is 14.6 Å². The van der Waals surface area contributed by atoms with Gasteiger partial charge in [0.05, 0.1) is 20.6 Å². The summed E-state index contributed by atoms with van der Waals surface area (Å²) in [5.74, 6) is 0.697. The average molecular weight is 295 g/mol. The Morgan fingerprint density at radius 3 is 2.67 bits per heavy atom. The molecule has 5 heteroatoms. The van der Waals surface area contributed by atoms with Gasteiger partial charge >= 0.3 is 5.97 Å². The second-order valence-electron chi connectivity index (χ2n) is 4.98. The number of unbranched alkanes of at least 4 members (excludes halogenated alkanes) is 1. The molecule has 1 aromatic rings. The third-order valence-corrected chi connectivity index (χ3v) is 3.34. The van der Waals surface area contributed by atoms with Gasteiger partial charge in [0.2, 0.25) is 0 Å². The van der Waals surface area contributed by atoms with Crippen LogP contribution >= 0.6 is 0 Å². The van der Waals surface area contributed by atoms with Gasteiger partial charge in [0.1, 0.15) is 11.5 Å². The molecule has 2 N–H and O–H groups in total. The van der Waals surface area contributed by atoms with Crippen molar-refractivity contribution in [1.82, 2.24) is 5.32 Å². The summed E-state index contributed by atoms with van der Waals surface area (Å²) in [5, 5.41) is 12.4. The van der Waals surface area contributed by atoms with E-state index in [1.807, 2.05) is 18.2 Å². The summed E-state index contributed by atoms with van der Waals surface area (Å²) >= 11 is 0. The fraction of sp³-hybridized carbons (Fsp3) is 0.562. The van der Waals surface area contributed by atoms with E-state index in [1.54, 1.807) is 14.2 Å². The molecule has 0 saturated heterocycles. The summed E-state index contributed by atoms with van der Waals surface area (Å²) in [7, 11) is 3.22. The lowest BCUT2D eigenvalue weighted by Gasteiger charge is -2.19. The molecule has 0 aromatic heterocycles. The SMILES string of the molecule is CCCCNC(CC(=O)O)Cc1cc(OC)ccc1OC. The van der Waals surface area contributed by atoms with Gasteiger partial charge in [-0.25, -0.2) is 0 Å². The smallest absolute Gasteiger partial charge is 0.304 e. The molecule has 1 aromatic carbocycles. The van der Waals surface area contributed by atoms with Gasteiger partial charge in [0, 0.05) is 6.04 Å². The van der Waals surface area contributed by atoms with Gasteiger partial charge in [-0.05, 0) is 43.1 Å². The minimum absolute atomic E-state index is 0.0874. The van der Waals surface area contributed by atoms with Crippen molar-refractivity contribution in [1.29, 1.82) is 0 Å². The highest BCUT2D eigenvalue weighted by Crippen LogP contribution is 2.25. The Morgan fingerprint density at radius 1 is 1.33 bits per heavy atom. The van der Waals surface area contributed by atoms with E-state index in [9.17, 15) is 4.79 Å². The quantitative estimate of drug-likeness (QED) is 0.649. The number of carboxylic acids is 1. The second-order valence-corrected chi connectivity index (χ2v) is 4.98. The van der Waals surface area contributed by atoms with Crippen molar-refractivity contribution in [3.05, 3.63) is 23.8 Å². The maximum Gasteiger partial charge on any atom is 0.304 e. The summed E-state index contributed by atoms with van der Waals surface area (Å²) in [5.41, 5.74) is 0.951. The fourth-order valence-electron chi connectivity index (χ4n) is 2.22. The molecule has 0 fully saturated rings. The van der Waals surface area contributed by atoms with Crippen molar-refractivity contribution in [3.63, 3.8) is 0 Å². The summed E-state index contributed by atoms with van der Waals surface area (Å²) in [6.07, 6.45) is 2.79. The van der Waals surface area contributed by atoms with Crippen LogP contribution in [0.15, 0.2) is 18.2 Å². The summed E-state index contributed by atoms with van der Waals surface area (Å²) in [6.45, 7) is 2.93. The van der Waals surface area contributed by atoms with E-state index in [-0.39, 0.29) is 12.5 Å². The van der Waals surface area contributed by atoms with Gasteiger partial charge in [-0.2, -0.15) is 0 Å². The standard InChI is InChI=1S/C16H25NO4/c1-4-5-8-17-13(11-16(18)19)9-12-10-14(20-2)6-7-15(12)21-3/h6-7,10,13,17H,4-5,8-9,11H2,1-3H3,(H,18,19). The van der Waals surface area contributed by atoms with E-state index in [0.29, 0.717) is 6.42 Å². The molecule has 0 aliphatic rings. The number of benzene rings is 1. The molecule has 0 spiro atoms. The number of rotatable bonds is 10. The lowest BCUT2D eigenvalue weighted by molar-refractivity contribution is -0.137. The predicted molar refractivity (Wildman–Crippen MR) is 82.2 cm³/mol. The van der Waals surface area contributed by atoms with Crippen LogP contribution in [0.5, 0.6) is 11.5 Å². The monoisotopic (exact) mass is 295 g/mol. The van der Waals surface area contributed by atoms with Gasteiger partial charge in [0.25, 0.3) is 0 Å². The first-order valence-electron chi connectivity index (χ1n) is 7.26. The van der Waals surface area contributed by atoms with E-state index < -0.39 is 5.97 Å². The Balaban J connectivity index is 2.82. The molecular formula is C16H25NO4. The molecule has 0 radical (unpaired) electrons. The highest BCUT2D eigenvalue weighted by molar-refractivity contribution is 5.67. The van der Waals surface area contributed by atoms with Gasteiger partial charge in [0.15, 0.2) is 0 Å². The van der Waals surface area contributed by atoms with Crippen LogP contribution in [0.2, 0.25) is 0 Å².